The number of carbonyl (C=O) groups excluding carboxylic acids is 1. The standard InChI is InChI=1S/C14H12ClN5O/c1-8-3-4-11(10(15)7-8)17-13(21)12-18-14-16-6-5-9(2)20(14)19-12/h3-7H,1-2H3,(H,17,21). The number of anilines is 1. The van der Waals surface area contributed by atoms with Gasteiger partial charge in [0.2, 0.25) is 5.82 Å². The number of fused-ring (bicyclic) bond motifs is 1. The average molecular weight is 302 g/mol. The second-order valence-electron chi connectivity index (χ2n) is 4.67. The minimum absolute atomic E-state index is 0.0495. The summed E-state index contributed by atoms with van der Waals surface area (Å²) in [6, 6.07) is 7.18. The molecule has 2 aromatic heterocycles. The third-order valence-electron chi connectivity index (χ3n) is 3.01. The Kier molecular flexibility index (Phi) is 3.31. The normalized spacial score (nSPS) is 10.8. The first-order valence-corrected chi connectivity index (χ1v) is 6.68. The molecule has 2 heterocycles. The highest BCUT2D eigenvalue weighted by molar-refractivity contribution is 6.33. The fourth-order valence-corrected chi connectivity index (χ4v) is 2.18. The van der Waals surface area contributed by atoms with Crippen LogP contribution < -0.4 is 5.32 Å². The van der Waals surface area contributed by atoms with E-state index in [1.807, 2.05) is 19.9 Å². The van der Waals surface area contributed by atoms with Gasteiger partial charge in [0.05, 0.1) is 10.7 Å². The Morgan fingerprint density at radius 1 is 1.29 bits per heavy atom. The van der Waals surface area contributed by atoms with Crippen molar-refractivity contribution < 1.29 is 4.79 Å². The molecular weight excluding hydrogens is 290 g/mol. The lowest BCUT2D eigenvalue weighted by atomic mass is 10.2. The van der Waals surface area contributed by atoms with Gasteiger partial charge in [-0.1, -0.05) is 17.7 Å². The van der Waals surface area contributed by atoms with E-state index in [4.69, 9.17) is 11.6 Å². The topological polar surface area (TPSA) is 72.2 Å². The van der Waals surface area contributed by atoms with Crippen molar-refractivity contribution in [2.24, 2.45) is 0 Å². The highest BCUT2D eigenvalue weighted by atomic mass is 35.5. The van der Waals surface area contributed by atoms with Crippen LogP contribution in [0.25, 0.3) is 5.78 Å². The number of nitrogens with zero attached hydrogens (tertiary/aromatic N) is 4. The Labute approximate surface area is 125 Å². The molecular formula is C14H12ClN5O. The van der Waals surface area contributed by atoms with Crippen LogP contribution in [0.15, 0.2) is 30.5 Å². The molecule has 0 aliphatic rings. The Morgan fingerprint density at radius 3 is 2.81 bits per heavy atom. The van der Waals surface area contributed by atoms with Gasteiger partial charge in [0.15, 0.2) is 0 Å². The van der Waals surface area contributed by atoms with Crippen molar-refractivity contribution >= 4 is 29.0 Å². The van der Waals surface area contributed by atoms with Gasteiger partial charge in [-0.25, -0.2) is 9.50 Å². The van der Waals surface area contributed by atoms with Gasteiger partial charge in [-0.15, -0.1) is 5.10 Å². The van der Waals surface area contributed by atoms with E-state index in [-0.39, 0.29) is 5.82 Å². The Bertz CT molecular complexity index is 842. The first kappa shape index (κ1) is 13.5. The highest BCUT2D eigenvalue weighted by Crippen LogP contribution is 2.23. The number of halogens is 1. The van der Waals surface area contributed by atoms with E-state index in [9.17, 15) is 4.79 Å². The summed E-state index contributed by atoms with van der Waals surface area (Å²) in [4.78, 5) is 20.4. The number of amides is 1. The number of nitrogens with one attached hydrogen (secondary N) is 1. The third-order valence-corrected chi connectivity index (χ3v) is 3.32. The van der Waals surface area contributed by atoms with Crippen molar-refractivity contribution in [1.29, 1.82) is 0 Å². The summed E-state index contributed by atoms with van der Waals surface area (Å²) < 4.78 is 1.52. The van der Waals surface area contributed by atoms with E-state index < -0.39 is 5.91 Å². The summed E-state index contributed by atoms with van der Waals surface area (Å²) in [5.41, 5.74) is 2.39. The van der Waals surface area contributed by atoms with Crippen molar-refractivity contribution in [3.8, 4) is 0 Å². The lowest BCUT2D eigenvalue weighted by molar-refractivity contribution is 0.101. The SMILES string of the molecule is Cc1ccc(NC(=O)c2nc3nccc(C)n3n2)c(Cl)c1. The Balaban J connectivity index is 1.92. The molecule has 0 fully saturated rings. The molecule has 21 heavy (non-hydrogen) atoms. The van der Waals surface area contributed by atoms with E-state index >= 15 is 0 Å². The van der Waals surface area contributed by atoms with Gasteiger partial charge in [0.1, 0.15) is 0 Å². The molecule has 0 aliphatic carbocycles. The maximum atomic E-state index is 12.2. The van der Waals surface area contributed by atoms with Crippen molar-refractivity contribution in [2.45, 2.75) is 13.8 Å². The molecule has 3 rings (SSSR count). The predicted octanol–water partition coefficient (Wildman–Crippen LogP) is 2.65. The second-order valence-corrected chi connectivity index (χ2v) is 5.08. The minimum Gasteiger partial charge on any atom is -0.318 e. The van der Waals surface area contributed by atoms with Crippen LogP contribution in [-0.4, -0.2) is 25.5 Å². The molecule has 7 heteroatoms. The zero-order chi connectivity index (χ0) is 15.0. The first-order valence-electron chi connectivity index (χ1n) is 6.30. The van der Waals surface area contributed by atoms with E-state index in [2.05, 4.69) is 20.4 Å². The predicted molar refractivity (Wildman–Crippen MR) is 79.7 cm³/mol. The minimum atomic E-state index is -0.425. The molecule has 0 atom stereocenters. The summed E-state index contributed by atoms with van der Waals surface area (Å²) >= 11 is 6.09. The van der Waals surface area contributed by atoms with Gasteiger partial charge in [0, 0.05) is 11.9 Å². The van der Waals surface area contributed by atoms with E-state index in [0.29, 0.717) is 16.5 Å². The largest absolute Gasteiger partial charge is 0.318 e. The number of rotatable bonds is 2. The van der Waals surface area contributed by atoms with Gasteiger partial charge >= 0.3 is 0 Å². The van der Waals surface area contributed by atoms with E-state index in [1.165, 1.54) is 4.52 Å². The smallest absolute Gasteiger partial charge is 0.295 e. The van der Waals surface area contributed by atoms with Crippen molar-refractivity contribution in [2.75, 3.05) is 5.32 Å². The molecule has 0 saturated heterocycles. The molecule has 1 N–H and O–H groups in total. The molecule has 0 unspecified atom stereocenters. The van der Waals surface area contributed by atoms with Crippen LogP contribution in [0.4, 0.5) is 5.69 Å². The van der Waals surface area contributed by atoms with Crippen LogP contribution >= 0.6 is 11.6 Å². The summed E-state index contributed by atoms with van der Waals surface area (Å²) in [5.74, 6) is 0.00856. The zero-order valence-corrected chi connectivity index (χ0v) is 12.2. The van der Waals surface area contributed by atoms with Crippen LogP contribution in [0.1, 0.15) is 21.9 Å². The zero-order valence-electron chi connectivity index (χ0n) is 11.5. The molecule has 6 nitrogen and oxygen atoms in total. The molecule has 1 aromatic carbocycles. The summed E-state index contributed by atoms with van der Waals surface area (Å²) in [6.45, 7) is 3.79. The summed E-state index contributed by atoms with van der Waals surface area (Å²) in [5, 5.41) is 7.31. The van der Waals surface area contributed by atoms with Crippen LogP contribution in [0.5, 0.6) is 0 Å². The first-order chi connectivity index (χ1) is 10.0. The monoisotopic (exact) mass is 301 g/mol. The van der Waals surface area contributed by atoms with Gasteiger partial charge in [0.25, 0.3) is 11.7 Å². The molecule has 106 valence electrons. The molecule has 0 bridgehead atoms. The van der Waals surface area contributed by atoms with Crippen molar-refractivity contribution in [3.05, 3.63) is 52.6 Å². The van der Waals surface area contributed by atoms with Crippen LogP contribution in [0.2, 0.25) is 5.02 Å². The molecule has 0 spiro atoms. The Hall–Kier alpha value is -2.47. The van der Waals surface area contributed by atoms with Gasteiger partial charge in [-0.3, -0.25) is 4.79 Å². The quantitative estimate of drug-likeness (QED) is 0.790. The van der Waals surface area contributed by atoms with E-state index in [1.54, 1.807) is 24.4 Å². The fraction of sp³-hybridized carbons (Fsp3) is 0.143. The van der Waals surface area contributed by atoms with Gasteiger partial charge < -0.3 is 5.32 Å². The van der Waals surface area contributed by atoms with Crippen molar-refractivity contribution in [3.63, 3.8) is 0 Å². The van der Waals surface area contributed by atoms with Crippen LogP contribution in [0, 0.1) is 13.8 Å². The number of carbonyl (C=O) groups is 1. The second kappa shape index (κ2) is 5.14. The molecule has 0 radical (unpaired) electrons. The van der Waals surface area contributed by atoms with E-state index in [0.717, 1.165) is 11.3 Å². The summed E-state index contributed by atoms with van der Waals surface area (Å²) in [6.07, 6.45) is 1.62. The number of aryl methyl sites for hydroxylation is 2. The highest BCUT2D eigenvalue weighted by Gasteiger charge is 2.15. The van der Waals surface area contributed by atoms with Gasteiger partial charge in [-0.2, -0.15) is 4.98 Å². The molecule has 3 aromatic rings. The fourth-order valence-electron chi connectivity index (χ4n) is 1.90. The summed E-state index contributed by atoms with van der Waals surface area (Å²) in [7, 11) is 0. The molecule has 0 aliphatic heterocycles. The molecule has 1 amide bonds. The van der Waals surface area contributed by atoms with Gasteiger partial charge in [-0.05, 0) is 37.6 Å². The number of benzene rings is 1. The van der Waals surface area contributed by atoms with Crippen LogP contribution in [-0.2, 0) is 0 Å². The van der Waals surface area contributed by atoms with Crippen LogP contribution in [0.3, 0.4) is 0 Å². The average Bonchev–Trinajstić information content (AvgIpc) is 2.87. The lowest BCUT2D eigenvalue weighted by Gasteiger charge is -2.05. The maximum absolute atomic E-state index is 12.2. The number of aromatic nitrogens is 4. The number of hydrogen-bond acceptors (Lipinski definition) is 4. The molecule has 0 saturated carbocycles. The van der Waals surface area contributed by atoms with Crippen molar-refractivity contribution in [1.82, 2.24) is 19.6 Å². The number of hydrogen-bond donors (Lipinski definition) is 1. The Morgan fingerprint density at radius 2 is 2.10 bits per heavy atom. The maximum Gasteiger partial charge on any atom is 0.295 e. The lowest BCUT2D eigenvalue weighted by Crippen LogP contribution is -2.14. The third kappa shape index (κ3) is 2.57.